The maximum absolute atomic E-state index is 13.4. The predicted octanol–water partition coefficient (Wildman–Crippen LogP) is 4.72. The van der Waals surface area contributed by atoms with E-state index in [1.54, 1.807) is 62.6 Å². The first-order valence-corrected chi connectivity index (χ1v) is 12.0. The fourth-order valence-electron chi connectivity index (χ4n) is 2.88. The molecule has 8 nitrogen and oxygen atoms in total. The Morgan fingerprint density at radius 3 is 1.60 bits per heavy atom. The van der Waals surface area contributed by atoms with Gasteiger partial charge in [0.15, 0.2) is 0 Å². The summed E-state index contributed by atoms with van der Waals surface area (Å²) in [4.78, 5) is 25.8. The lowest BCUT2D eigenvalue weighted by Gasteiger charge is -2.18. The van der Waals surface area contributed by atoms with Gasteiger partial charge in [-0.2, -0.15) is 4.31 Å². The van der Waals surface area contributed by atoms with Crippen LogP contribution in [0.1, 0.15) is 11.1 Å². The van der Waals surface area contributed by atoms with Crippen LogP contribution in [0.5, 0.6) is 0 Å². The fraction of sp³-hybridized carbons (Fsp3) is 0.0769. The predicted molar refractivity (Wildman–Crippen MR) is 135 cm³/mol. The maximum atomic E-state index is 13.4. The minimum absolute atomic E-state index is 0.232. The molecule has 0 saturated heterocycles. The van der Waals surface area contributed by atoms with Gasteiger partial charge in [0, 0.05) is 26.2 Å². The van der Waals surface area contributed by atoms with Gasteiger partial charge in [-0.3, -0.25) is 14.6 Å². The Morgan fingerprint density at radius 2 is 1.17 bits per heavy atom. The van der Waals surface area contributed by atoms with E-state index in [1.807, 2.05) is 12.1 Å². The van der Waals surface area contributed by atoms with Crippen molar-refractivity contribution in [1.29, 1.82) is 0 Å². The van der Waals surface area contributed by atoms with Crippen molar-refractivity contribution < 1.29 is 18.0 Å². The summed E-state index contributed by atoms with van der Waals surface area (Å²) in [5.41, 5.74) is 1.77. The van der Waals surface area contributed by atoms with Crippen LogP contribution in [-0.2, 0) is 19.6 Å². The van der Waals surface area contributed by atoms with Gasteiger partial charge in [-0.25, -0.2) is 8.42 Å². The first kappa shape index (κ1) is 25.3. The largest absolute Gasteiger partial charge is 0.285 e. The van der Waals surface area contributed by atoms with Gasteiger partial charge < -0.3 is 0 Å². The van der Waals surface area contributed by atoms with Gasteiger partial charge in [-0.15, -0.1) is 5.11 Å². The van der Waals surface area contributed by atoms with E-state index in [2.05, 4.69) is 10.3 Å². The first-order valence-electron chi connectivity index (χ1n) is 10.6. The number of rotatable bonds is 8. The number of carbonyl (C=O) groups is 2. The van der Waals surface area contributed by atoms with Crippen LogP contribution < -0.4 is 0 Å². The Bertz CT molecular complexity index is 1290. The zero-order valence-corrected chi connectivity index (χ0v) is 20.0. The normalized spacial score (nSPS) is 11.8. The van der Waals surface area contributed by atoms with Crippen molar-refractivity contribution in [2.24, 2.45) is 10.3 Å². The molecule has 0 bridgehead atoms. The number of imide groups is 1. The average Bonchev–Trinajstić information content (AvgIpc) is 2.86. The van der Waals surface area contributed by atoms with E-state index in [4.69, 9.17) is 0 Å². The van der Waals surface area contributed by atoms with E-state index in [9.17, 15) is 18.0 Å². The molecule has 0 aliphatic rings. The summed E-state index contributed by atoms with van der Waals surface area (Å²) >= 11 is 0. The van der Waals surface area contributed by atoms with Crippen LogP contribution in [-0.4, -0.2) is 43.6 Å². The number of nitrogens with zero attached hydrogens (tertiary/aromatic N) is 4. The third kappa shape index (κ3) is 7.05. The maximum Gasteiger partial charge on any atom is 0.273 e. The first-order chi connectivity index (χ1) is 16.8. The summed E-state index contributed by atoms with van der Waals surface area (Å²) < 4.78 is 27.0. The van der Waals surface area contributed by atoms with Crippen LogP contribution in [0, 0.1) is 0 Å². The molecule has 0 aromatic heterocycles. The minimum atomic E-state index is -4.51. The molecular formula is C26H24N4O4S. The van der Waals surface area contributed by atoms with Gasteiger partial charge in [0.2, 0.25) is 0 Å². The molecule has 0 spiro atoms. The van der Waals surface area contributed by atoms with E-state index in [-0.39, 0.29) is 9.20 Å². The zero-order valence-electron chi connectivity index (χ0n) is 19.2. The van der Waals surface area contributed by atoms with Gasteiger partial charge in [-0.05, 0) is 47.5 Å². The second-order valence-corrected chi connectivity index (χ2v) is 9.25. The molecule has 0 radical (unpaired) electrons. The SMILES string of the molecule is CN(C)N=Nc1ccc(S(=O)(=O)N(C(=O)C=Cc2ccccc2)C(=O)C=Cc2ccccc2)cc1. The summed E-state index contributed by atoms with van der Waals surface area (Å²) in [5.74, 6) is -1.99. The van der Waals surface area contributed by atoms with Crippen LogP contribution in [0.4, 0.5) is 5.69 Å². The lowest BCUT2D eigenvalue weighted by molar-refractivity contribution is -0.132. The highest BCUT2D eigenvalue weighted by Crippen LogP contribution is 2.22. The van der Waals surface area contributed by atoms with Gasteiger partial charge >= 0.3 is 0 Å². The van der Waals surface area contributed by atoms with Gasteiger partial charge in [0.25, 0.3) is 21.8 Å². The number of hydrogen-bond acceptors (Lipinski definition) is 6. The standard InChI is InChI=1S/C26H24N4O4S/c1-29(2)28-27-23-15-17-24(18-16-23)35(33,34)30(25(31)19-13-21-9-5-3-6-10-21)26(32)20-14-22-11-7-4-8-12-22/h3-20H,1-2H3. The monoisotopic (exact) mass is 488 g/mol. The second-order valence-electron chi connectivity index (χ2n) is 7.46. The van der Waals surface area contributed by atoms with Crippen LogP contribution in [0.3, 0.4) is 0 Å². The molecule has 0 saturated carbocycles. The molecule has 2 amide bonds. The number of carbonyl (C=O) groups excluding carboxylic acids is 2. The van der Waals surface area contributed by atoms with E-state index in [0.29, 0.717) is 16.8 Å². The van der Waals surface area contributed by atoms with Crippen molar-refractivity contribution in [1.82, 2.24) is 9.31 Å². The van der Waals surface area contributed by atoms with Crippen LogP contribution >= 0.6 is 0 Å². The fourth-order valence-corrected chi connectivity index (χ4v) is 4.16. The van der Waals surface area contributed by atoms with Crippen LogP contribution in [0.15, 0.2) is 112 Å². The molecule has 3 aromatic rings. The minimum Gasteiger partial charge on any atom is -0.285 e. The topological polar surface area (TPSA) is 99.5 Å². The molecule has 3 rings (SSSR count). The Hall–Kier alpha value is -4.37. The molecule has 0 fully saturated rings. The van der Waals surface area contributed by atoms with E-state index in [0.717, 1.165) is 12.2 Å². The summed E-state index contributed by atoms with van der Waals surface area (Å²) in [7, 11) is -1.11. The van der Waals surface area contributed by atoms with Crippen molar-refractivity contribution in [2.45, 2.75) is 4.90 Å². The highest BCUT2D eigenvalue weighted by molar-refractivity contribution is 7.90. The lowest BCUT2D eigenvalue weighted by atomic mass is 10.2. The third-order valence-corrected chi connectivity index (χ3v) is 6.26. The molecule has 0 unspecified atom stereocenters. The van der Waals surface area contributed by atoms with Crippen molar-refractivity contribution >= 4 is 39.7 Å². The number of sulfonamides is 1. The highest BCUT2D eigenvalue weighted by atomic mass is 32.2. The van der Waals surface area contributed by atoms with Gasteiger partial charge in [0.1, 0.15) is 0 Å². The highest BCUT2D eigenvalue weighted by Gasteiger charge is 2.32. The number of benzene rings is 3. The molecule has 0 aliphatic heterocycles. The molecule has 0 atom stereocenters. The van der Waals surface area contributed by atoms with Gasteiger partial charge in [0.05, 0.1) is 10.6 Å². The molecule has 0 heterocycles. The Labute approximate surface area is 204 Å². The Morgan fingerprint density at radius 1 is 0.714 bits per heavy atom. The van der Waals surface area contributed by atoms with Crippen LogP contribution in [0.2, 0.25) is 0 Å². The van der Waals surface area contributed by atoms with Crippen molar-refractivity contribution in [3.8, 4) is 0 Å². The second kappa shape index (κ2) is 11.7. The molecular weight excluding hydrogens is 464 g/mol. The van der Waals surface area contributed by atoms with E-state index < -0.39 is 21.8 Å². The Kier molecular flexibility index (Phi) is 8.42. The molecule has 3 aromatic carbocycles. The summed E-state index contributed by atoms with van der Waals surface area (Å²) in [6.45, 7) is 0. The summed E-state index contributed by atoms with van der Waals surface area (Å²) in [5, 5.41) is 9.30. The number of hydrogen-bond donors (Lipinski definition) is 0. The zero-order chi connectivity index (χ0) is 25.3. The van der Waals surface area contributed by atoms with E-state index in [1.165, 1.54) is 41.4 Å². The van der Waals surface area contributed by atoms with E-state index >= 15 is 0 Å². The lowest BCUT2D eigenvalue weighted by Crippen LogP contribution is -2.39. The van der Waals surface area contributed by atoms with Crippen molar-refractivity contribution in [3.05, 3.63) is 108 Å². The molecule has 35 heavy (non-hydrogen) atoms. The summed E-state index contributed by atoms with van der Waals surface area (Å²) in [6.07, 6.45) is 5.01. The summed E-state index contributed by atoms with van der Waals surface area (Å²) in [6, 6.07) is 23.2. The molecule has 178 valence electrons. The average molecular weight is 489 g/mol. The Balaban J connectivity index is 1.95. The van der Waals surface area contributed by atoms with Crippen LogP contribution in [0.25, 0.3) is 12.2 Å². The molecule has 9 heteroatoms. The third-order valence-electron chi connectivity index (χ3n) is 4.55. The number of amides is 2. The smallest absolute Gasteiger partial charge is 0.273 e. The quantitative estimate of drug-likeness (QED) is 0.260. The molecule has 0 N–H and O–H groups in total. The van der Waals surface area contributed by atoms with Crippen molar-refractivity contribution in [2.75, 3.05) is 14.1 Å². The molecule has 0 aliphatic carbocycles. The van der Waals surface area contributed by atoms with Crippen molar-refractivity contribution in [3.63, 3.8) is 0 Å². The van der Waals surface area contributed by atoms with Gasteiger partial charge in [-0.1, -0.05) is 65.9 Å².